The molecule has 0 atom stereocenters. The van der Waals surface area contributed by atoms with Crippen LogP contribution >= 0.6 is 0 Å². The van der Waals surface area contributed by atoms with Crippen LogP contribution in [0.5, 0.6) is 0 Å². The van der Waals surface area contributed by atoms with Gasteiger partial charge in [0.15, 0.2) is 0 Å². The standard InChI is InChI=1S/C22H25N3O3S/c1-24(15-22(26)9-10-22)21-8-7-17(29(27,28)25-11-4-12-25)14-18(21)20-13-16-5-2-3-6-19(16)23-20/h2-3,5-8,13-14,23,26H,4,9-12,15H2,1H3. The summed E-state index contributed by atoms with van der Waals surface area (Å²) in [7, 11) is -1.53. The predicted molar refractivity (Wildman–Crippen MR) is 115 cm³/mol. The number of benzene rings is 2. The van der Waals surface area contributed by atoms with E-state index >= 15 is 0 Å². The molecular weight excluding hydrogens is 386 g/mol. The first-order valence-corrected chi connectivity index (χ1v) is 11.5. The van der Waals surface area contributed by atoms with E-state index in [4.69, 9.17) is 0 Å². The number of hydrogen-bond acceptors (Lipinski definition) is 4. The van der Waals surface area contributed by atoms with E-state index < -0.39 is 15.6 Å². The van der Waals surface area contributed by atoms with Crippen molar-refractivity contribution in [2.24, 2.45) is 0 Å². The molecule has 0 radical (unpaired) electrons. The van der Waals surface area contributed by atoms with Crippen LogP contribution in [0.4, 0.5) is 5.69 Å². The molecule has 3 aromatic rings. The van der Waals surface area contributed by atoms with Crippen LogP contribution in [0.1, 0.15) is 19.3 Å². The molecule has 1 saturated heterocycles. The lowest BCUT2D eigenvalue weighted by Crippen LogP contribution is -2.41. The number of nitrogens with zero attached hydrogens (tertiary/aromatic N) is 2. The molecule has 1 aliphatic heterocycles. The third kappa shape index (κ3) is 3.33. The van der Waals surface area contributed by atoms with E-state index in [2.05, 4.69) is 4.98 Å². The summed E-state index contributed by atoms with van der Waals surface area (Å²) in [5.74, 6) is 0. The fourth-order valence-electron chi connectivity index (χ4n) is 3.95. The highest BCUT2D eigenvalue weighted by molar-refractivity contribution is 7.89. The summed E-state index contributed by atoms with van der Waals surface area (Å²) in [6, 6.07) is 15.4. The molecule has 152 valence electrons. The first-order chi connectivity index (χ1) is 13.9. The maximum atomic E-state index is 13.0. The Morgan fingerprint density at radius 2 is 1.90 bits per heavy atom. The molecular formula is C22H25N3O3S. The third-order valence-corrected chi connectivity index (χ3v) is 7.91. The fraction of sp³-hybridized carbons (Fsp3) is 0.364. The van der Waals surface area contributed by atoms with E-state index in [0.29, 0.717) is 24.5 Å². The van der Waals surface area contributed by atoms with Crippen LogP contribution < -0.4 is 4.90 Å². The second-order valence-electron chi connectivity index (χ2n) is 8.29. The van der Waals surface area contributed by atoms with Crippen LogP contribution in [0.3, 0.4) is 0 Å². The zero-order valence-electron chi connectivity index (χ0n) is 16.4. The molecule has 5 rings (SSSR count). The Morgan fingerprint density at radius 3 is 2.55 bits per heavy atom. The summed E-state index contributed by atoms with van der Waals surface area (Å²) in [4.78, 5) is 5.76. The van der Waals surface area contributed by atoms with Crippen LogP contribution in [0.25, 0.3) is 22.2 Å². The van der Waals surface area contributed by atoms with Gasteiger partial charge in [-0.2, -0.15) is 4.31 Å². The van der Waals surface area contributed by atoms with Crippen molar-refractivity contribution in [3.63, 3.8) is 0 Å². The number of anilines is 1. The van der Waals surface area contributed by atoms with E-state index in [1.54, 1.807) is 12.1 Å². The van der Waals surface area contributed by atoms with Crippen LogP contribution in [0.15, 0.2) is 53.4 Å². The Labute approximate surface area is 170 Å². The zero-order chi connectivity index (χ0) is 20.2. The van der Waals surface area contributed by atoms with Gasteiger partial charge in [-0.1, -0.05) is 18.2 Å². The van der Waals surface area contributed by atoms with Gasteiger partial charge in [0.1, 0.15) is 0 Å². The molecule has 29 heavy (non-hydrogen) atoms. The highest BCUT2D eigenvalue weighted by Gasteiger charge is 2.41. The van der Waals surface area contributed by atoms with E-state index in [1.807, 2.05) is 48.3 Å². The molecule has 2 aromatic carbocycles. The molecule has 2 heterocycles. The maximum Gasteiger partial charge on any atom is 0.243 e. The first kappa shape index (κ1) is 18.7. The van der Waals surface area contributed by atoms with E-state index in [-0.39, 0.29) is 0 Å². The van der Waals surface area contributed by atoms with Crippen LogP contribution in [0.2, 0.25) is 0 Å². The van der Waals surface area contributed by atoms with Crippen molar-refractivity contribution in [3.05, 3.63) is 48.5 Å². The minimum absolute atomic E-state index is 0.313. The minimum atomic E-state index is -3.48. The van der Waals surface area contributed by atoms with Crippen molar-refractivity contribution in [2.45, 2.75) is 29.8 Å². The fourth-order valence-corrected chi connectivity index (χ4v) is 5.49. The average Bonchev–Trinajstić information content (AvgIpc) is 3.21. The number of H-pyrrole nitrogens is 1. The van der Waals surface area contributed by atoms with Crippen molar-refractivity contribution in [2.75, 3.05) is 31.6 Å². The average molecular weight is 412 g/mol. The smallest absolute Gasteiger partial charge is 0.243 e. The van der Waals surface area contributed by atoms with Gasteiger partial charge in [0.2, 0.25) is 10.0 Å². The van der Waals surface area contributed by atoms with Crippen molar-refractivity contribution < 1.29 is 13.5 Å². The number of rotatable bonds is 6. The van der Waals surface area contributed by atoms with Crippen LogP contribution in [-0.2, 0) is 10.0 Å². The molecule has 7 heteroatoms. The lowest BCUT2D eigenvalue weighted by Gasteiger charge is -2.30. The number of sulfonamides is 1. The van der Waals surface area contributed by atoms with Crippen molar-refractivity contribution in [3.8, 4) is 11.3 Å². The van der Waals surface area contributed by atoms with Gasteiger partial charge in [-0.05, 0) is 49.6 Å². The molecule has 6 nitrogen and oxygen atoms in total. The first-order valence-electron chi connectivity index (χ1n) is 10.0. The molecule has 2 fully saturated rings. The highest BCUT2D eigenvalue weighted by Crippen LogP contribution is 2.40. The van der Waals surface area contributed by atoms with Gasteiger partial charge in [0, 0.05) is 54.5 Å². The summed E-state index contributed by atoms with van der Waals surface area (Å²) in [6.45, 7) is 1.69. The normalized spacial score (nSPS) is 18.6. The number of nitrogens with one attached hydrogen (secondary N) is 1. The molecule has 2 aliphatic rings. The summed E-state index contributed by atoms with van der Waals surface area (Å²) in [6.07, 6.45) is 2.52. The van der Waals surface area contributed by atoms with Gasteiger partial charge < -0.3 is 15.0 Å². The second-order valence-corrected chi connectivity index (χ2v) is 10.2. The Bertz CT molecular complexity index is 1140. The molecule has 1 saturated carbocycles. The molecule has 1 aromatic heterocycles. The SMILES string of the molecule is CN(CC1(O)CC1)c1ccc(S(=O)(=O)N2CCC2)cc1-c1cc2ccccc2[nH]1. The number of aromatic amines is 1. The highest BCUT2D eigenvalue weighted by atomic mass is 32.2. The number of para-hydroxylation sites is 1. The number of likely N-dealkylation sites (N-methyl/N-ethyl adjacent to an activating group) is 1. The summed E-state index contributed by atoms with van der Waals surface area (Å²) >= 11 is 0. The summed E-state index contributed by atoms with van der Waals surface area (Å²) in [5.41, 5.74) is 2.98. The van der Waals surface area contributed by atoms with Crippen molar-refractivity contribution >= 4 is 26.6 Å². The van der Waals surface area contributed by atoms with Crippen LogP contribution in [0, 0.1) is 0 Å². The maximum absolute atomic E-state index is 13.0. The van der Waals surface area contributed by atoms with Gasteiger partial charge >= 0.3 is 0 Å². The molecule has 0 unspecified atom stereocenters. The van der Waals surface area contributed by atoms with Crippen LogP contribution in [-0.4, -0.2) is 55.1 Å². The third-order valence-electron chi connectivity index (χ3n) is 6.01. The molecule has 1 aliphatic carbocycles. The Morgan fingerprint density at radius 1 is 1.14 bits per heavy atom. The van der Waals surface area contributed by atoms with Crippen molar-refractivity contribution in [1.82, 2.24) is 9.29 Å². The quantitative estimate of drug-likeness (QED) is 0.653. The van der Waals surface area contributed by atoms with E-state index in [9.17, 15) is 13.5 Å². The van der Waals surface area contributed by atoms with Gasteiger partial charge in [-0.15, -0.1) is 0 Å². The lowest BCUT2D eigenvalue weighted by atomic mass is 10.1. The molecule has 2 N–H and O–H groups in total. The predicted octanol–water partition coefficient (Wildman–Crippen LogP) is 3.19. The lowest BCUT2D eigenvalue weighted by molar-refractivity contribution is 0.158. The Balaban J connectivity index is 1.62. The number of aromatic nitrogens is 1. The number of aliphatic hydroxyl groups is 1. The molecule has 0 amide bonds. The Hall–Kier alpha value is -2.35. The second kappa shape index (κ2) is 6.58. The summed E-state index contributed by atoms with van der Waals surface area (Å²) < 4.78 is 27.4. The van der Waals surface area contributed by atoms with Gasteiger partial charge in [-0.3, -0.25) is 0 Å². The van der Waals surface area contributed by atoms with Gasteiger partial charge in [0.25, 0.3) is 0 Å². The summed E-state index contributed by atoms with van der Waals surface area (Å²) in [5, 5.41) is 11.5. The van der Waals surface area contributed by atoms with E-state index in [0.717, 1.165) is 47.1 Å². The number of fused-ring (bicyclic) bond motifs is 1. The zero-order valence-corrected chi connectivity index (χ0v) is 17.2. The van der Waals surface area contributed by atoms with Crippen molar-refractivity contribution in [1.29, 1.82) is 0 Å². The Kier molecular flexibility index (Phi) is 4.24. The van der Waals surface area contributed by atoms with Gasteiger partial charge in [0.05, 0.1) is 10.5 Å². The molecule has 0 spiro atoms. The van der Waals surface area contributed by atoms with Gasteiger partial charge in [-0.25, -0.2) is 8.42 Å². The molecule has 0 bridgehead atoms. The minimum Gasteiger partial charge on any atom is -0.388 e. The monoisotopic (exact) mass is 411 g/mol. The number of hydrogen-bond donors (Lipinski definition) is 2. The topological polar surface area (TPSA) is 76.6 Å². The van der Waals surface area contributed by atoms with E-state index in [1.165, 1.54) is 4.31 Å². The largest absolute Gasteiger partial charge is 0.388 e.